The summed E-state index contributed by atoms with van der Waals surface area (Å²) in [5.74, 6) is -3.04. The van der Waals surface area contributed by atoms with E-state index in [1.807, 2.05) is 24.3 Å². The summed E-state index contributed by atoms with van der Waals surface area (Å²) in [6.45, 7) is 7.50. The van der Waals surface area contributed by atoms with Gasteiger partial charge in [0.1, 0.15) is 17.8 Å². The number of aliphatic hydroxyl groups is 1. The molecule has 40 heavy (non-hydrogen) atoms. The first-order chi connectivity index (χ1) is 18.8. The summed E-state index contributed by atoms with van der Waals surface area (Å²) in [5.41, 5.74) is -0.0774. The zero-order valence-electron chi connectivity index (χ0n) is 23.0. The number of likely N-dealkylation sites (tertiary alicyclic amines) is 1. The lowest BCUT2D eigenvalue weighted by Gasteiger charge is -2.46. The van der Waals surface area contributed by atoms with E-state index in [1.165, 1.54) is 17.9 Å². The minimum atomic E-state index is -1.67. The topological polar surface area (TPSA) is 91.3 Å². The van der Waals surface area contributed by atoms with Crippen molar-refractivity contribution in [3.8, 4) is 0 Å². The highest BCUT2D eigenvalue weighted by Crippen LogP contribution is 2.47. The smallest absolute Gasteiger partial charge is 0.410 e. The molecule has 2 amide bonds. The van der Waals surface area contributed by atoms with E-state index in [9.17, 15) is 23.5 Å². The molecule has 0 bridgehead atoms. The van der Waals surface area contributed by atoms with Gasteiger partial charge in [-0.3, -0.25) is 9.63 Å². The van der Waals surface area contributed by atoms with Gasteiger partial charge in [-0.1, -0.05) is 40.2 Å². The van der Waals surface area contributed by atoms with E-state index < -0.39 is 34.8 Å². The minimum Gasteiger partial charge on any atom is -0.444 e. The zero-order chi connectivity index (χ0) is 29.2. The number of carbonyl (C=O) groups excluding carboxylic acids is 2. The van der Waals surface area contributed by atoms with Crippen LogP contribution in [0, 0.1) is 17.6 Å². The molecule has 1 saturated heterocycles. The molecule has 0 aliphatic carbocycles. The Morgan fingerprint density at radius 1 is 1.20 bits per heavy atom. The summed E-state index contributed by atoms with van der Waals surface area (Å²) in [5, 5.41) is 16.6. The van der Waals surface area contributed by atoms with Crippen molar-refractivity contribution < 1.29 is 33.1 Å². The first-order valence-corrected chi connectivity index (χ1v) is 13.9. The van der Waals surface area contributed by atoms with Crippen LogP contribution in [0.5, 0.6) is 0 Å². The quantitative estimate of drug-likeness (QED) is 0.464. The highest BCUT2D eigenvalue weighted by Gasteiger charge is 2.50. The van der Waals surface area contributed by atoms with Gasteiger partial charge in [-0.2, -0.15) is 0 Å². The van der Waals surface area contributed by atoms with Crippen LogP contribution in [-0.4, -0.2) is 53.8 Å². The number of anilines is 1. The van der Waals surface area contributed by atoms with E-state index >= 15 is 0 Å². The van der Waals surface area contributed by atoms with Crippen LogP contribution in [0.15, 0.2) is 52.6 Å². The lowest BCUT2D eigenvalue weighted by molar-refractivity contribution is -0.118. The molecule has 0 unspecified atom stereocenters. The first-order valence-electron chi connectivity index (χ1n) is 13.1. The Kier molecular flexibility index (Phi) is 8.86. The number of hydrogen-bond acceptors (Lipinski definition) is 6. The summed E-state index contributed by atoms with van der Waals surface area (Å²) in [6, 6.07) is 10.9. The molecular weight excluding hydrogens is 588 g/mol. The normalized spacial score (nSPS) is 21.6. The maximum atomic E-state index is 14.4. The van der Waals surface area contributed by atoms with Crippen LogP contribution >= 0.6 is 15.9 Å². The van der Waals surface area contributed by atoms with Crippen LogP contribution in [-0.2, 0) is 26.4 Å². The van der Waals surface area contributed by atoms with Gasteiger partial charge in [0, 0.05) is 31.0 Å². The minimum absolute atomic E-state index is 0.0305. The molecule has 2 atom stereocenters. The molecule has 2 N–H and O–H groups in total. The van der Waals surface area contributed by atoms with E-state index in [2.05, 4.69) is 21.2 Å². The lowest BCUT2D eigenvalue weighted by Crippen LogP contribution is -2.54. The van der Waals surface area contributed by atoms with Gasteiger partial charge < -0.3 is 20.1 Å². The number of ether oxygens (including phenoxy) is 1. The van der Waals surface area contributed by atoms with Crippen molar-refractivity contribution in [2.24, 2.45) is 5.92 Å². The largest absolute Gasteiger partial charge is 0.444 e. The number of amides is 2. The number of hydroxylamine groups is 1. The fourth-order valence-corrected chi connectivity index (χ4v) is 5.60. The molecule has 1 fully saturated rings. The van der Waals surface area contributed by atoms with Gasteiger partial charge in [-0.15, -0.1) is 0 Å². The maximum absolute atomic E-state index is 14.4. The number of halogens is 3. The molecule has 4 rings (SSSR count). The summed E-state index contributed by atoms with van der Waals surface area (Å²) >= 11 is 3.61. The molecule has 2 aliphatic rings. The average molecular weight is 623 g/mol. The maximum Gasteiger partial charge on any atom is 0.410 e. The van der Waals surface area contributed by atoms with Crippen molar-refractivity contribution in [2.75, 3.05) is 31.3 Å². The Hall–Kier alpha value is -3.02. The van der Waals surface area contributed by atoms with Gasteiger partial charge in [0.15, 0.2) is 11.6 Å². The number of piperidine rings is 1. The Labute approximate surface area is 241 Å². The monoisotopic (exact) mass is 621 g/mol. The number of carbonyl (C=O) groups is 2. The van der Waals surface area contributed by atoms with Crippen molar-refractivity contribution in [3.63, 3.8) is 0 Å². The van der Waals surface area contributed by atoms with Gasteiger partial charge in [0.2, 0.25) is 5.91 Å². The van der Waals surface area contributed by atoms with Crippen LogP contribution in [0.4, 0.5) is 19.3 Å². The number of rotatable bonds is 6. The lowest BCUT2D eigenvalue weighted by atomic mass is 9.74. The second-order valence-electron chi connectivity index (χ2n) is 11.0. The third-order valence-corrected chi connectivity index (χ3v) is 7.57. The van der Waals surface area contributed by atoms with Crippen LogP contribution in [0.25, 0.3) is 0 Å². The standard InChI is InChI=1S/C29H34BrF2N3O5/c1-18(36)33-13-11-19-7-5-6-8-25(19)35-26(22(30)17-39-35)21-16-34(27(37)40-28(2,3)4)14-12-29(21,38)20-9-10-23(31)24(32)15-20/h5-10,15,21,38H,11-14,16-17H2,1-4H3,(H,33,36)/t21-,29+/m1/s1. The average Bonchev–Trinajstić information content (AvgIpc) is 3.25. The van der Waals surface area contributed by atoms with E-state index in [-0.39, 0.29) is 37.6 Å². The van der Waals surface area contributed by atoms with E-state index in [0.29, 0.717) is 28.8 Å². The fourth-order valence-electron chi connectivity index (χ4n) is 5.06. The number of benzene rings is 2. The van der Waals surface area contributed by atoms with E-state index in [1.54, 1.807) is 25.8 Å². The summed E-state index contributed by atoms with van der Waals surface area (Å²) in [7, 11) is 0. The van der Waals surface area contributed by atoms with Gasteiger partial charge in [0.05, 0.1) is 17.3 Å². The van der Waals surface area contributed by atoms with Gasteiger partial charge in [0.25, 0.3) is 0 Å². The highest BCUT2D eigenvalue weighted by molar-refractivity contribution is 9.11. The summed E-state index contributed by atoms with van der Waals surface area (Å²) < 4.78 is 34.5. The zero-order valence-corrected chi connectivity index (χ0v) is 24.6. The molecule has 8 nitrogen and oxygen atoms in total. The van der Waals surface area contributed by atoms with Gasteiger partial charge in [-0.05, 0) is 62.9 Å². The second kappa shape index (κ2) is 11.8. The Morgan fingerprint density at radius 2 is 1.93 bits per heavy atom. The number of nitrogens with one attached hydrogen (secondary N) is 1. The Morgan fingerprint density at radius 3 is 2.60 bits per heavy atom. The predicted molar refractivity (Wildman–Crippen MR) is 149 cm³/mol. The second-order valence-corrected chi connectivity index (χ2v) is 12.0. The van der Waals surface area contributed by atoms with Gasteiger partial charge in [-0.25, -0.2) is 18.6 Å². The molecule has 216 valence electrons. The molecule has 0 saturated carbocycles. The molecular formula is C29H34BrF2N3O5. The summed E-state index contributed by atoms with van der Waals surface area (Å²) in [4.78, 5) is 32.1. The van der Waals surface area contributed by atoms with Crippen molar-refractivity contribution in [3.05, 3.63) is 75.4 Å². The van der Waals surface area contributed by atoms with Crippen LogP contribution in [0.2, 0.25) is 0 Å². The summed E-state index contributed by atoms with van der Waals surface area (Å²) in [6.07, 6.45) is 0.0228. The van der Waals surface area contributed by atoms with Gasteiger partial charge >= 0.3 is 6.09 Å². The SMILES string of the molecule is CC(=O)NCCc1ccccc1N1OCC(Br)=C1[C@H]1CN(C(=O)OC(C)(C)C)CC[C@]1(O)c1ccc(F)c(F)c1. The third-order valence-electron chi connectivity index (χ3n) is 6.94. The fraction of sp³-hybridized carbons (Fsp3) is 0.448. The Balaban J connectivity index is 1.76. The van der Waals surface area contributed by atoms with Crippen molar-refractivity contribution in [1.29, 1.82) is 0 Å². The molecule has 0 spiro atoms. The molecule has 2 heterocycles. The van der Waals surface area contributed by atoms with Crippen LogP contribution in [0.1, 0.15) is 45.2 Å². The van der Waals surface area contributed by atoms with Crippen molar-refractivity contribution in [1.82, 2.24) is 10.2 Å². The molecule has 0 radical (unpaired) electrons. The highest BCUT2D eigenvalue weighted by atomic mass is 79.9. The molecule has 11 heteroatoms. The third kappa shape index (κ3) is 6.47. The molecule has 2 aromatic carbocycles. The molecule has 2 aromatic rings. The van der Waals surface area contributed by atoms with Crippen LogP contribution < -0.4 is 10.4 Å². The number of nitrogens with zero attached hydrogens (tertiary/aromatic N) is 2. The Bertz CT molecular complexity index is 1310. The molecule has 2 aliphatic heterocycles. The predicted octanol–water partition coefficient (Wildman–Crippen LogP) is 5.15. The van der Waals surface area contributed by atoms with Crippen LogP contribution in [0.3, 0.4) is 0 Å². The van der Waals surface area contributed by atoms with Crippen molar-refractivity contribution >= 4 is 33.6 Å². The van der Waals surface area contributed by atoms with Crippen molar-refractivity contribution in [2.45, 2.75) is 51.7 Å². The van der Waals surface area contributed by atoms with E-state index in [4.69, 9.17) is 9.57 Å². The van der Waals surface area contributed by atoms with E-state index in [0.717, 1.165) is 17.7 Å². The number of hydrogen-bond donors (Lipinski definition) is 2. The number of para-hydroxylation sites is 1. The first kappa shape index (κ1) is 30.0. The molecule has 0 aromatic heterocycles.